The second-order valence-electron chi connectivity index (χ2n) is 7.91. The lowest BCUT2D eigenvalue weighted by Gasteiger charge is -2.33. The maximum absolute atomic E-state index is 2.74. The molecule has 132 valence electrons. The zero-order chi connectivity index (χ0) is 17.2. The van der Waals surface area contributed by atoms with Gasteiger partial charge in [-0.1, -0.05) is 61.4 Å². The quantitative estimate of drug-likeness (QED) is 0.785. The van der Waals surface area contributed by atoms with Crippen LogP contribution in [0.4, 0.5) is 0 Å². The molecule has 0 bridgehead atoms. The summed E-state index contributed by atoms with van der Waals surface area (Å²) in [5.74, 6) is 0. The lowest BCUT2D eigenvalue weighted by atomic mass is 9.89. The summed E-state index contributed by atoms with van der Waals surface area (Å²) in [6, 6.07) is 19.2. The molecule has 1 heterocycles. The van der Waals surface area contributed by atoms with E-state index in [1.165, 1.54) is 47.9 Å². The van der Waals surface area contributed by atoms with Crippen LogP contribution in [0.1, 0.15) is 47.9 Å². The van der Waals surface area contributed by atoms with E-state index >= 15 is 0 Å². The molecule has 0 spiro atoms. The molecule has 25 heavy (non-hydrogen) atoms. The predicted octanol–water partition coefficient (Wildman–Crippen LogP) is 4.89. The van der Waals surface area contributed by atoms with Crippen LogP contribution in [0.25, 0.3) is 0 Å². The summed E-state index contributed by atoms with van der Waals surface area (Å²) in [6.45, 7) is 7.79. The molecule has 2 fully saturated rings. The van der Waals surface area contributed by atoms with E-state index in [9.17, 15) is 0 Å². The Labute approximate surface area is 152 Å². The molecule has 2 aliphatic rings. The van der Waals surface area contributed by atoms with Gasteiger partial charge in [0, 0.05) is 25.2 Å². The molecule has 0 aromatic heterocycles. The minimum absolute atomic E-state index is 0.734. The number of hydrogen-bond acceptors (Lipinski definition) is 2. The molecule has 0 amide bonds. The summed E-state index contributed by atoms with van der Waals surface area (Å²) in [4.78, 5) is 5.48. The fourth-order valence-corrected chi connectivity index (χ4v) is 4.73. The van der Waals surface area contributed by atoms with E-state index in [1.54, 1.807) is 0 Å². The lowest BCUT2D eigenvalue weighted by molar-refractivity contribution is 0.197. The number of benzene rings is 2. The Morgan fingerprint density at radius 3 is 1.60 bits per heavy atom. The highest BCUT2D eigenvalue weighted by Gasteiger charge is 2.40. The van der Waals surface area contributed by atoms with Gasteiger partial charge in [0.05, 0.1) is 6.67 Å². The fourth-order valence-electron chi connectivity index (χ4n) is 4.73. The third kappa shape index (κ3) is 3.51. The van der Waals surface area contributed by atoms with E-state index in [0.717, 1.165) is 31.8 Å². The Kier molecular flexibility index (Phi) is 4.91. The lowest BCUT2D eigenvalue weighted by Crippen LogP contribution is -2.39. The van der Waals surface area contributed by atoms with Crippen molar-refractivity contribution in [3.05, 3.63) is 70.8 Å². The number of fused-ring (bicyclic) bond motifs is 1. The van der Waals surface area contributed by atoms with E-state index in [4.69, 9.17) is 0 Å². The minimum atomic E-state index is 0.734. The maximum Gasteiger partial charge on any atom is 0.0519 e. The minimum Gasteiger partial charge on any atom is -0.282 e. The number of nitrogens with zero attached hydrogens (tertiary/aromatic N) is 2. The van der Waals surface area contributed by atoms with E-state index in [2.05, 4.69) is 72.2 Å². The van der Waals surface area contributed by atoms with Crippen LogP contribution in [0.15, 0.2) is 48.5 Å². The number of aryl methyl sites for hydroxylation is 2. The standard InChI is InChI=1S/C23H30N2/c1-18-9-3-5-11-20(18)15-24-17-25(23-14-8-7-13-22(23)24)16-21-12-6-4-10-19(21)2/h3-6,9-12,22-23H,7-8,13-17H2,1-2H3. The molecular formula is C23H30N2. The average Bonchev–Trinajstić information content (AvgIpc) is 2.97. The fraction of sp³-hybridized carbons (Fsp3) is 0.478. The zero-order valence-electron chi connectivity index (χ0n) is 15.6. The monoisotopic (exact) mass is 334 g/mol. The highest BCUT2D eigenvalue weighted by Crippen LogP contribution is 2.35. The first-order chi connectivity index (χ1) is 12.2. The molecule has 2 aromatic rings. The van der Waals surface area contributed by atoms with Crippen LogP contribution in [0, 0.1) is 13.8 Å². The smallest absolute Gasteiger partial charge is 0.0519 e. The van der Waals surface area contributed by atoms with Crippen molar-refractivity contribution >= 4 is 0 Å². The van der Waals surface area contributed by atoms with Gasteiger partial charge >= 0.3 is 0 Å². The Hall–Kier alpha value is -1.64. The van der Waals surface area contributed by atoms with E-state index in [1.807, 2.05) is 0 Å². The Balaban J connectivity index is 1.53. The van der Waals surface area contributed by atoms with Gasteiger partial charge in [-0.2, -0.15) is 0 Å². The first-order valence-electron chi connectivity index (χ1n) is 9.79. The van der Waals surface area contributed by atoms with Gasteiger partial charge in [-0.3, -0.25) is 9.80 Å². The van der Waals surface area contributed by atoms with Crippen LogP contribution < -0.4 is 0 Å². The van der Waals surface area contributed by atoms with E-state index < -0.39 is 0 Å². The van der Waals surface area contributed by atoms with Gasteiger partial charge in [0.15, 0.2) is 0 Å². The molecule has 1 saturated carbocycles. The molecule has 2 atom stereocenters. The second kappa shape index (κ2) is 7.31. The molecule has 2 nitrogen and oxygen atoms in total. The van der Waals surface area contributed by atoms with Crippen LogP contribution in [0.3, 0.4) is 0 Å². The summed E-state index contributed by atoms with van der Waals surface area (Å²) in [5.41, 5.74) is 5.83. The maximum atomic E-state index is 2.74. The number of rotatable bonds is 4. The molecule has 2 unspecified atom stereocenters. The molecule has 4 rings (SSSR count). The largest absolute Gasteiger partial charge is 0.282 e. The van der Waals surface area contributed by atoms with Gasteiger partial charge in [0.25, 0.3) is 0 Å². The molecule has 1 aliphatic heterocycles. The number of hydrogen-bond donors (Lipinski definition) is 0. The van der Waals surface area contributed by atoms with Gasteiger partial charge in [-0.15, -0.1) is 0 Å². The summed E-state index contributed by atoms with van der Waals surface area (Å²) >= 11 is 0. The highest BCUT2D eigenvalue weighted by molar-refractivity contribution is 5.27. The first kappa shape index (κ1) is 16.8. The molecule has 0 radical (unpaired) electrons. The zero-order valence-corrected chi connectivity index (χ0v) is 15.6. The third-order valence-corrected chi connectivity index (χ3v) is 6.26. The van der Waals surface area contributed by atoms with Crippen molar-refractivity contribution in [2.45, 2.75) is 64.7 Å². The third-order valence-electron chi connectivity index (χ3n) is 6.26. The SMILES string of the molecule is Cc1ccccc1CN1CN(Cc2ccccc2C)C2CCCCC21. The highest BCUT2D eigenvalue weighted by atomic mass is 15.4. The van der Waals surface area contributed by atoms with Gasteiger partial charge in [0.2, 0.25) is 0 Å². The van der Waals surface area contributed by atoms with Crippen molar-refractivity contribution in [3.8, 4) is 0 Å². The average molecular weight is 335 g/mol. The molecule has 2 heteroatoms. The van der Waals surface area contributed by atoms with Crippen molar-refractivity contribution < 1.29 is 0 Å². The normalized spacial score (nSPS) is 24.4. The van der Waals surface area contributed by atoms with E-state index in [-0.39, 0.29) is 0 Å². The topological polar surface area (TPSA) is 6.48 Å². The molecule has 1 saturated heterocycles. The van der Waals surface area contributed by atoms with Crippen LogP contribution in [-0.4, -0.2) is 28.6 Å². The Bertz CT molecular complexity index is 662. The van der Waals surface area contributed by atoms with Crippen molar-refractivity contribution in [1.82, 2.24) is 9.80 Å². The summed E-state index contributed by atoms with van der Waals surface area (Å²) in [6.07, 6.45) is 5.51. The first-order valence-corrected chi connectivity index (χ1v) is 9.79. The van der Waals surface area contributed by atoms with Gasteiger partial charge < -0.3 is 0 Å². The van der Waals surface area contributed by atoms with Crippen LogP contribution in [-0.2, 0) is 13.1 Å². The molecular weight excluding hydrogens is 304 g/mol. The van der Waals surface area contributed by atoms with Crippen molar-refractivity contribution in [3.63, 3.8) is 0 Å². The summed E-state index contributed by atoms with van der Waals surface area (Å²) < 4.78 is 0. The Morgan fingerprint density at radius 2 is 1.16 bits per heavy atom. The second-order valence-corrected chi connectivity index (χ2v) is 7.91. The van der Waals surface area contributed by atoms with Crippen LogP contribution in [0.5, 0.6) is 0 Å². The Morgan fingerprint density at radius 1 is 0.720 bits per heavy atom. The summed E-state index contributed by atoms with van der Waals surface area (Å²) in [7, 11) is 0. The van der Waals surface area contributed by atoms with Gasteiger partial charge in [0.1, 0.15) is 0 Å². The summed E-state index contributed by atoms with van der Waals surface area (Å²) in [5, 5.41) is 0. The molecule has 1 aliphatic carbocycles. The molecule has 0 N–H and O–H groups in total. The van der Waals surface area contributed by atoms with E-state index in [0.29, 0.717) is 0 Å². The van der Waals surface area contributed by atoms with Gasteiger partial charge in [-0.25, -0.2) is 0 Å². The van der Waals surface area contributed by atoms with Crippen molar-refractivity contribution in [1.29, 1.82) is 0 Å². The van der Waals surface area contributed by atoms with Crippen molar-refractivity contribution in [2.24, 2.45) is 0 Å². The van der Waals surface area contributed by atoms with Crippen LogP contribution >= 0.6 is 0 Å². The van der Waals surface area contributed by atoms with Crippen LogP contribution in [0.2, 0.25) is 0 Å². The van der Waals surface area contributed by atoms with Gasteiger partial charge in [-0.05, 0) is 48.9 Å². The molecule has 2 aromatic carbocycles. The predicted molar refractivity (Wildman–Crippen MR) is 104 cm³/mol. The van der Waals surface area contributed by atoms with Crippen molar-refractivity contribution in [2.75, 3.05) is 6.67 Å².